The number of hydrogen-bond acceptors (Lipinski definition) is 7. The molecule has 1 aromatic heterocycles. The van der Waals surface area contributed by atoms with Gasteiger partial charge in [-0.2, -0.15) is 0 Å². The molecule has 0 radical (unpaired) electrons. The molecule has 2 N–H and O–H groups in total. The molecule has 0 aliphatic carbocycles. The summed E-state index contributed by atoms with van der Waals surface area (Å²) in [4.78, 5) is 46.5. The Morgan fingerprint density at radius 1 is 0.951 bits per heavy atom. The summed E-state index contributed by atoms with van der Waals surface area (Å²) >= 11 is 0. The molecule has 3 aromatic rings. The van der Waals surface area contributed by atoms with E-state index in [1.165, 1.54) is 4.90 Å². The maximum absolute atomic E-state index is 13.4. The maximum atomic E-state index is 13.4. The molecule has 2 heterocycles. The third-order valence-corrected chi connectivity index (χ3v) is 6.83. The molecule has 212 valence electrons. The summed E-state index contributed by atoms with van der Waals surface area (Å²) in [6.45, 7) is 3.45. The van der Waals surface area contributed by atoms with Crippen LogP contribution in [-0.4, -0.2) is 71.5 Å². The minimum atomic E-state index is -1.27. The summed E-state index contributed by atoms with van der Waals surface area (Å²) in [5, 5.41) is 5.91. The topological polar surface area (TPSA) is 121 Å². The zero-order chi connectivity index (χ0) is 29.0. The normalized spacial score (nSPS) is 13.5. The third kappa shape index (κ3) is 8.30. The van der Waals surface area contributed by atoms with Crippen LogP contribution >= 0.6 is 7.92 Å². The number of nitrogens with one attached hydrogen (secondary N) is 2. The number of anilines is 2. The SMILES string of the molecule is CCCCOC(=O)N1CCN(C(=O)[C@H](C#P=O)NC(=O)c2cc(Nc3ccccc3)cc(-c3ccccc3)n2)CC1. The Balaban J connectivity index is 1.48. The van der Waals surface area contributed by atoms with Crippen LogP contribution in [0.2, 0.25) is 0 Å². The Labute approximate surface area is 240 Å². The Hall–Kier alpha value is -4.39. The van der Waals surface area contributed by atoms with Gasteiger partial charge < -0.3 is 0 Å². The number of carbonyl (C=O) groups excluding carboxylic acids is 3. The van der Waals surface area contributed by atoms with Gasteiger partial charge in [-0.15, -0.1) is 0 Å². The quantitative estimate of drug-likeness (QED) is 0.275. The Kier molecular flexibility index (Phi) is 10.7. The number of hydrogen-bond donors (Lipinski definition) is 2. The Bertz CT molecular complexity index is 1460. The fourth-order valence-electron chi connectivity index (χ4n) is 4.26. The van der Waals surface area contributed by atoms with Gasteiger partial charge in [0.2, 0.25) is 0 Å². The average Bonchev–Trinajstić information content (AvgIpc) is 3.01. The number of ether oxygens (including phenoxy) is 1. The first-order chi connectivity index (χ1) is 20.0. The van der Waals surface area contributed by atoms with Gasteiger partial charge >= 0.3 is 233 Å². The van der Waals surface area contributed by atoms with Crippen molar-refractivity contribution in [3.8, 4) is 16.9 Å². The van der Waals surface area contributed by atoms with Crippen molar-refractivity contribution < 1.29 is 23.7 Å². The van der Waals surface area contributed by atoms with Crippen LogP contribution < -0.4 is 10.6 Å². The summed E-state index contributed by atoms with van der Waals surface area (Å²) in [7, 11) is -0.526. The van der Waals surface area contributed by atoms with E-state index in [4.69, 9.17) is 4.74 Å². The molecule has 2 aromatic carbocycles. The summed E-state index contributed by atoms with van der Waals surface area (Å²) in [6.07, 6.45) is 1.31. The van der Waals surface area contributed by atoms with Gasteiger partial charge in [0.15, 0.2) is 0 Å². The van der Waals surface area contributed by atoms with Crippen LogP contribution in [-0.2, 0) is 14.1 Å². The van der Waals surface area contributed by atoms with Crippen LogP contribution in [0.5, 0.6) is 0 Å². The molecule has 4 rings (SSSR count). The summed E-state index contributed by atoms with van der Waals surface area (Å²) in [6, 6.07) is 21.1. The van der Waals surface area contributed by atoms with E-state index in [-0.39, 0.29) is 18.8 Å². The van der Waals surface area contributed by atoms with Crippen LogP contribution in [0, 0.1) is 5.63 Å². The first kappa shape index (κ1) is 29.6. The third-order valence-electron chi connectivity index (χ3n) is 6.47. The van der Waals surface area contributed by atoms with E-state index < -0.39 is 31.9 Å². The predicted molar refractivity (Wildman–Crippen MR) is 157 cm³/mol. The molecule has 0 unspecified atom stereocenters. The van der Waals surface area contributed by atoms with Crippen molar-refractivity contribution in [1.82, 2.24) is 20.1 Å². The van der Waals surface area contributed by atoms with Crippen LogP contribution in [0.3, 0.4) is 0 Å². The zero-order valence-electron chi connectivity index (χ0n) is 22.8. The molecule has 1 aliphatic rings. The molecular formula is C30H32N5O5P. The van der Waals surface area contributed by atoms with Gasteiger partial charge in [-0.3, -0.25) is 0 Å². The molecule has 11 heteroatoms. The molecule has 1 atom stereocenters. The summed E-state index contributed by atoms with van der Waals surface area (Å²) in [5.41, 5.74) is 5.41. The summed E-state index contributed by atoms with van der Waals surface area (Å²) in [5.74, 6) is -1.09. The van der Waals surface area contributed by atoms with E-state index in [1.54, 1.807) is 11.0 Å². The minimum absolute atomic E-state index is 0.0755. The van der Waals surface area contributed by atoms with E-state index in [9.17, 15) is 18.9 Å². The molecule has 1 fully saturated rings. The van der Waals surface area contributed by atoms with Crippen molar-refractivity contribution >= 4 is 37.2 Å². The Morgan fingerprint density at radius 3 is 2.27 bits per heavy atom. The number of nitrogens with zero attached hydrogens (tertiary/aromatic N) is 3. The molecule has 1 saturated heterocycles. The number of aromatic nitrogens is 1. The Morgan fingerprint density at radius 2 is 1.61 bits per heavy atom. The first-order valence-electron chi connectivity index (χ1n) is 13.5. The van der Waals surface area contributed by atoms with Crippen LogP contribution in [0.15, 0.2) is 72.8 Å². The number of amides is 3. The van der Waals surface area contributed by atoms with Gasteiger partial charge in [-0.1, -0.05) is 6.92 Å². The second kappa shape index (κ2) is 14.8. The molecule has 3 amide bonds. The van der Waals surface area contributed by atoms with E-state index in [2.05, 4.69) is 21.2 Å². The fraction of sp³-hybridized carbons (Fsp3) is 0.300. The zero-order valence-corrected chi connectivity index (χ0v) is 23.7. The van der Waals surface area contributed by atoms with E-state index >= 15 is 0 Å². The van der Waals surface area contributed by atoms with Crippen LogP contribution in [0.1, 0.15) is 30.3 Å². The number of benzene rings is 2. The van der Waals surface area contributed by atoms with Gasteiger partial charge in [0.1, 0.15) is 0 Å². The van der Waals surface area contributed by atoms with Crippen molar-refractivity contribution in [3.63, 3.8) is 0 Å². The van der Waals surface area contributed by atoms with Gasteiger partial charge in [0.25, 0.3) is 0 Å². The van der Waals surface area contributed by atoms with E-state index in [1.807, 2.05) is 73.7 Å². The first-order valence-corrected chi connectivity index (χ1v) is 14.3. The second-order valence-corrected chi connectivity index (χ2v) is 9.83. The number of unbranched alkanes of at least 4 members (excludes halogenated alkanes) is 1. The fourth-order valence-corrected chi connectivity index (χ4v) is 4.54. The predicted octanol–water partition coefficient (Wildman–Crippen LogP) is 4.92. The summed E-state index contributed by atoms with van der Waals surface area (Å²) < 4.78 is 16.7. The van der Waals surface area contributed by atoms with Gasteiger partial charge in [0, 0.05) is 0 Å². The number of carbonyl (C=O) groups is 3. The van der Waals surface area contributed by atoms with Crippen molar-refractivity contribution in [2.75, 3.05) is 38.1 Å². The van der Waals surface area contributed by atoms with E-state index in [0.29, 0.717) is 31.1 Å². The molecule has 0 saturated carbocycles. The van der Waals surface area contributed by atoms with Crippen molar-refractivity contribution in [3.05, 3.63) is 78.5 Å². The monoisotopic (exact) mass is 573 g/mol. The van der Waals surface area contributed by atoms with Crippen molar-refractivity contribution in [2.24, 2.45) is 0 Å². The average molecular weight is 574 g/mol. The molecule has 41 heavy (non-hydrogen) atoms. The molecule has 1 aliphatic heterocycles. The molecule has 0 bridgehead atoms. The van der Waals surface area contributed by atoms with Crippen molar-refractivity contribution in [1.29, 1.82) is 0 Å². The van der Waals surface area contributed by atoms with Crippen LogP contribution in [0.25, 0.3) is 11.3 Å². The number of rotatable bonds is 9. The molecule has 0 spiro atoms. The second-order valence-electron chi connectivity index (χ2n) is 9.39. The standard InChI is InChI=1S/C30H32N5O5P/c1-2-3-18-40-30(38)35-16-14-34(15-17-35)29(37)27(21-41-39)33-28(36)26-20-24(31-23-12-8-5-9-13-23)19-25(32-26)22-10-6-4-7-11-22/h4-13,19-20,27H,2-3,14-18H2,1H3,(H,31,32)(H,33,36)/t27-/m0/s1. The van der Waals surface area contributed by atoms with Gasteiger partial charge in [-0.25, -0.2) is 0 Å². The van der Waals surface area contributed by atoms with Gasteiger partial charge in [-0.05, 0) is 0 Å². The number of piperazine rings is 1. The van der Waals surface area contributed by atoms with Crippen molar-refractivity contribution in [2.45, 2.75) is 25.8 Å². The van der Waals surface area contributed by atoms with Gasteiger partial charge in [0.05, 0.1) is 0 Å². The van der Waals surface area contributed by atoms with Crippen LogP contribution in [0.4, 0.5) is 16.2 Å². The molecule has 10 nitrogen and oxygen atoms in total. The molecular weight excluding hydrogens is 541 g/mol. The number of pyridine rings is 1. The number of para-hydroxylation sites is 1. The van der Waals surface area contributed by atoms with E-state index in [0.717, 1.165) is 24.1 Å².